The Morgan fingerprint density at radius 3 is 2.69 bits per heavy atom. The molecule has 138 valence electrons. The van der Waals surface area contributed by atoms with Gasteiger partial charge < -0.3 is 15.0 Å². The number of halogens is 2. The van der Waals surface area contributed by atoms with Crippen LogP contribution < -0.4 is 5.32 Å². The van der Waals surface area contributed by atoms with Crippen molar-refractivity contribution in [2.75, 3.05) is 25.0 Å². The zero-order valence-electron chi connectivity index (χ0n) is 13.8. The van der Waals surface area contributed by atoms with Crippen LogP contribution in [0.5, 0.6) is 0 Å². The fourth-order valence-corrected chi connectivity index (χ4v) is 3.80. The molecule has 9 heteroatoms. The van der Waals surface area contributed by atoms with Crippen molar-refractivity contribution in [3.8, 4) is 0 Å². The van der Waals surface area contributed by atoms with Crippen molar-refractivity contribution in [3.05, 3.63) is 45.4 Å². The van der Waals surface area contributed by atoms with Gasteiger partial charge in [0.05, 0.1) is 6.10 Å². The summed E-state index contributed by atoms with van der Waals surface area (Å²) in [6, 6.07) is 4.63. The van der Waals surface area contributed by atoms with Gasteiger partial charge in [0.25, 0.3) is 5.91 Å². The minimum Gasteiger partial charge on any atom is -0.376 e. The first kappa shape index (κ1) is 19.1. The van der Waals surface area contributed by atoms with Crippen molar-refractivity contribution < 1.29 is 14.3 Å². The summed E-state index contributed by atoms with van der Waals surface area (Å²) in [6.07, 6.45) is 3.32. The van der Waals surface area contributed by atoms with E-state index in [0.717, 1.165) is 12.8 Å². The Morgan fingerprint density at radius 1 is 1.31 bits per heavy atom. The number of hydrogen-bond acceptors (Lipinski definition) is 5. The van der Waals surface area contributed by atoms with Gasteiger partial charge in [-0.15, -0.1) is 11.3 Å². The number of amides is 2. The van der Waals surface area contributed by atoms with Crippen molar-refractivity contribution in [2.45, 2.75) is 18.9 Å². The molecule has 6 nitrogen and oxygen atoms in total. The number of anilines is 1. The van der Waals surface area contributed by atoms with Crippen molar-refractivity contribution >= 4 is 51.5 Å². The Kier molecular flexibility index (Phi) is 6.48. The molecule has 2 amide bonds. The van der Waals surface area contributed by atoms with Gasteiger partial charge in [0.1, 0.15) is 6.54 Å². The second-order valence-electron chi connectivity index (χ2n) is 5.86. The molecule has 1 aromatic heterocycles. The van der Waals surface area contributed by atoms with E-state index in [-0.39, 0.29) is 24.5 Å². The van der Waals surface area contributed by atoms with Gasteiger partial charge >= 0.3 is 0 Å². The lowest BCUT2D eigenvalue weighted by Gasteiger charge is -2.25. The first-order chi connectivity index (χ1) is 12.5. The molecule has 1 N–H and O–H groups in total. The van der Waals surface area contributed by atoms with E-state index in [1.807, 2.05) is 0 Å². The summed E-state index contributed by atoms with van der Waals surface area (Å²) in [5.74, 6) is -0.640. The number of ether oxygens (including phenoxy) is 1. The third-order valence-electron chi connectivity index (χ3n) is 3.86. The third-order valence-corrected chi connectivity index (χ3v) is 4.98. The largest absolute Gasteiger partial charge is 0.376 e. The van der Waals surface area contributed by atoms with E-state index < -0.39 is 0 Å². The lowest BCUT2D eigenvalue weighted by atomic mass is 10.1. The lowest BCUT2D eigenvalue weighted by molar-refractivity contribution is -0.117. The maximum atomic E-state index is 12.9. The van der Waals surface area contributed by atoms with Crippen LogP contribution in [0.15, 0.2) is 29.8 Å². The van der Waals surface area contributed by atoms with Gasteiger partial charge in [-0.05, 0) is 31.0 Å². The normalized spacial score (nSPS) is 16.5. The Hall–Kier alpha value is -1.67. The molecule has 0 bridgehead atoms. The molecular weight excluding hydrogens is 397 g/mol. The van der Waals surface area contributed by atoms with E-state index in [1.165, 1.54) is 28.4 Å². The van der Waals surface area contributed by atoms with E-state index >= 15 is 0 Å². The molecular formula is C17H17Cl2N3O3S. The Labute approximate surface area is 165 Å². The van der Waals surface area contributed by atoms with E-state index in [9.17, 15) is 9.59 Å². The highest BCUT2D eigenvalue weighted by atomic mass is 35.5. The average Bonchev–Trinajstić information content (AvgIpc) is 3.26. The smallest absolute Gasteiger partial charge is 0.254 e. The highest BCUT2D eigenvalue weighted by molar-refractivity contribution is 7.13. The summed E-state index contributed by atoms with van der Waals surface area (Å²) >= 11 is 13.3. The molecule has 0 radical (unpaired) electrons. The first-order valence-electron chi connectivity index (χ1n) is 8.07. The molecule has 26 heavy (non-hydrogen) atoms. The number of aromatic nitrogens is 1. The van der Waals surface area contributed by atoms with Crippen molar-refractivity contribution in [2.24, 2.45) is 0 Å². The second kappa shape index (κ2) is 8.81. The van der Waals surface area contributed by atoms with Crippen molar-refractivity contribution in [3.63, 3.8) is 0 Å². The summed E-state index contributed by atoms with van der Waals surface area (Å²) in [7, 11) is 0. The minimum atomic E-state index is -0.320. The number of carbonyl (C=O) groups excluding carboxylic acids is 2. The number of nitrogens with one attached hydrogen (secondary N) is 1. The molecule has 1 fully saturated rings. The maximum absolute atomic E-state index is 12.9. The number of benzene rings is 1. The van der Waals surface area contributed by atoms with Crippen LogP contribution in [0.4, 0.5) is 5.13 Å². The number of thiazole rings is 1. The third kappa shape index (κ3) is 5.17. The van der Waals surface area contributed by atoms with Crippen LogP contribution >= 0.6 is 34.5 Å². The zero-order valence-corrected chi connectivity index (χ0v) is 16.1. The van der Waals surface area contributed by atoms with Crippen LogP contribution in [0.25, 0.3) is 0 Å². The SMILES string of the molecule is O=C(CN(CC1CCCO1)C(=O)c1cc(Cl)cc(Cl)c1)Nc1nccs1. The Balaban J connectivity index is 1.75. The highest BCUT2D eigenvalue weighted by Gasteiger charge is 2.26. The van der Waals surface area contributed by atoms with Gasteiger partial charge in [-0.2, -0.15) is 0 Å². The average molecular weight is 414 g/mol. The van der Waals surface area contributed by atoms with Gasteiger partial charge in [0, 0.05) is 40.3 Å². The van der Waals surface area contributed by atoms with Gasteiger partial charge in [0.2, 0.25) is 5.91 Å². The summed E-state index contributed by atoms with van der Waals surface area (Å²) in [5.41, 5.74) is 0.336. The number of hydrogen-bond donors (Lipinski definition) is 1. The molecule has 1 aromatic carbocycles. The molecule has 1 saturated heterocycles. The quantitative estimate of drug-likeness (QED) is 0.783. The maximum Gasteiger partial charge on any atom is 0.254 e. The molecule has 1 unspecified atom stereocenters. The van der Waals surface area contributed by atoms with Crippen LogP contribution in [0, 0.1) is 0 Å². The number of rotatable bonds is 6. The molecule has 0 saturated carbocycles. The first-order valence-corrected chi connectivity index (χ1v) is 9.71. The van der Waals surface area contributed by atoms with Crippen LogP contribution in [0.1, 0.15) is 23.2 Å². The molecule has 2 heterocycles. The molecule has 0 spiro atoms. The molecule has 0 aliphatic carbocycles. The number of carbonyl (C=O) groups is 2. The van der Waals surface area contributed by atoms with E-state index in [1.54, 1.807) is 17.6 Å². The monoisotopic (exact) mass is 413 g/mol. The van der Waals surface area contributed by atoms with Crippen LogP contribution in [-0.4, -0.2) is 47.5 Å². The minimum absolute atomic E-state index is 0.0822. The summed E-state index contributed by atoms with van der Waals surface area (Å²) < 4.78 is 5.62. The standard InChI is InChI=1S/C17H17Cl2N3O3S/c18-12-6-11(7-13(19)8-12)16(24)22(9-14-2-1-4-25-14)10-15(23)21-17-20-3-5-26-17/h3,5-8,14H,1-2,4,9-10H2,(H,20,21,23). The molecule has 1 aliphatic rings. The molecule has 1 atom stereocenters. The fraction of sp³-hybridized carbons (Fsp3) is 0.353. The summed E-state index contributed by atoms with van der Waals surface area (Å²) in [4.78, 5) is 30.7. The van der Waals surface area contributed by atoms with Crippen LogP contribution in [-0.2, 0) is 9.53 Å². The zero-order chi connectivity index (χ0) is 18.5. The Bertz CT molecular complexity index is 759. The fourth-order valence-electron chi connectivity index (χ4n) is 2.73. The molecule has 2 aromatic rings. The van der Waals surface area contributed by atoms with E-state index in [0.29, 0.717) is 33.9 Å². The number of nitrogens with zero attached hydrogens (tertiary/aromatic N) is 2. The van der Waals surface area contributed by atoms with E-state index in [2.05, 4.69) is 10.3 Å². The topological polar surface area (TPSA) is 71.5 Å². The summed E-state index contributed by atoms with van der Waals surface area (Å²) in [5, 5.41) is 5.67. The van der Waals surface area contributed by atoms with E-state index in [4.69, 9.17) is 27.9 Å². The van der Waals surface area contributed by atoms with Crippen LogP contribution in [0.3, 0.4) is 0 Å². The molecule has 1 aliphatic heterocycles. The van der Waals surface area contributed by atoms with Gasteiger partial charge in [-0.3, -0.25) is 9.59 Å². The second-order valence-corrected chi connectivity index (χ2v) is 7.63. The van der Waals surface area contributed by atoms with Crippen molar-refractivity contribution in [1.82, 2.24) is 9.88 Å². The predicted octanol–water partition coefficient (Wildman–Crippen LogP) is 3.71. The Morgan fingerprint density at radius 2 is 2.08 bits per heavy atom. The van der Waals surface area contributed by atoms with Gasteiger partial charge in [-0.1, -0.05) is 23.2 Å². The van der Waals surface area contributed by atoms with Crippen molar-refractivity contribution in [1.29, 1.82) is 0 Å². The summed E-state index contributed by atoms with van der Waals surface area (Å²) in [6.45, 7) is 0.887. The van der Waals surface area contributed by atoms with Gasteiger partial charge in [-0.25, -0.2) is 4.98 Å². The van der Waals surface area contributed by atoms with Gasteiger partial charge in [0.15, 0.2) is 5.13 Å². The van der Waals surface area contributed by atoms with Crippen LogP contribution in [0.2, 0.25) is 10.0 Å². The highest BCUT2D eigenvalue weighted by Crippen LogP contribution is 2.21. The molecule has 3 rings (SSSR count). The lowest BCUT2D eigenvalue weighted by Crippen LogP contribution is -2.42. The predicted molar refractivity (Wildman–Crippen MR) is 102 cm³/mol.